The second-order valence-corrected chi connectivity index (χ2v) is 5.41. The Kier molecular flexibility index (Phi) is 3.86. The number of fused-ring (bicyclic) bond motifs is 1. The molecule has 0 aliphatic carbocycles. The van der Waals surface area contributed by atoms with Gasteiger partial charge in [0, 0.05) is 5.39 Å². The molecule has 0 aliphatic rings. The topological polar surface area (TPSA) is 42.2 Å². The predicted molar refractivity (Wildman–Crippen MR) is 83.5 cm³/mol. The third-order valence-electron chi connectivity index (χ3n) is 3.39. The van der Waals surface area contributed by atoms with Gasteiger partial charge in [-0.15, -0.1) is 0 Å². The van der Waals surface area contributed by atoms with Crippen LogP contribution in [0.2, 0.25) is 5.02 Å². The highest BCUT2D eigenvalue weighted by atomic mass is 35.5. The monoisotopic (exact) mass is 317 g/mol. The number of hydrogen-bond donors (Lipinski definition) is 1. The number of rotatable bonds is 3. The fourth-order valence-electron chi connectivity index (χ4n) is 2.23. The Morgan fingerprint density at radius 3 is 2.73 bits per heavy atom. The Morgan fingerprint density at radius 2 is 2.00 bits per heavy atom. The van der Waals surface area contributed by atoms with Gasteiger partial charge in [0.25, 0.3) is 5.91 Å². The maximum atomic E-state index is 13.0. The van der Waals surface area contributed by atoms with Crippen molar-refractivity contribution < 1.29 is 13.6 Å². The second kappa shape index (κ2) is 5.81. The van der Waals surface area contributed by atoms with Crippen LogP contribution in [0, 0.1) is 5.82 Å². The molecular weight excluding hydrogens is 305 g/mol. The molecule has 1 atom stereocenters. The largest absolute Gasteiger partial charge is 0.459 e. The first-order valence-electron chi connectivity index (χ1n) is 6.79. The summed E-state index contributed by atoms with van der Waals surface area (Å²) in [5.74, 6) is -0.211. The first-order chi connectivity index (χ1) is 10.5. The van der Waals surface area contributed by atoms with Crippen molar-refractivity contribution in [2.45, 2.75) is 13.0 Å². The third kappa shape index (κ3) is 2.83. The minimum atomic E-state index is -0.480. The quantitative estimate of drug-likeness (QED) is 0.759. The molecular formula is C17H13ClFNO2. The second-order valence-electron chi connectivity index (χ2n) is 5.01. The van der Waals surface area contributed by atoms with Crippen LogP contribution in [0.1, 0.15) is 29.1 Å². The Bertz CT molecular complexity index is 811. The lowest BCUT2D eigenvalue weighted by Gasteiger charge is -2.12. The summed E-state index contributed by atoms with van der Waals surface area (Å²) in [7, 11) is 0. The molecule has 1 heterocycles. The lowest BCUT2D eigenvalue weighted by atomic mass is 10.1. The van der Waals surface area contributed by atoms with Crippen molar-refractivity contribution >= 4 is 28.5 Å². The van der Waals surface area contributed by atoms with Crippen LogP contribution in [0.4, 0.5) is 4.39 Å². The van der Waals surface area contributed by atoms with Crippen LogP contribution in [0.5, 0.6) is 0 Å². The molecule has 0 saturated carbocycles. The van der Waals surface area contributed by atoms with Crippen molar-refractivity contribution in [1.29, 1.82) is 0 Å². The van der Waals surface area contributed by atoms with Crippen LogP contribution < -0.4 is 5.32 Å². The number of halogens is 2. The summed E-state index contributed by atoms with van der Waals surface area (Å²) in [5, 5.41) is 3.84. The van der Waals surface area contributed by atoms with Crippen molar-refractivity contribution in [2.75, 3.05) is 0 Å². The van der Waals surface area contributed by atoms with E-state index >= 15 is 0 Å². The molecule has 0 radical (unpaired) electrons. The minimum Gasteiger partial charge on any atom is -0.459 e. The van der Waals surface area contributed by atoms with Gasteiger partial charge in [-0.3, -0.25) is 4.79 Å². The number of benzene rings is 2. The number of furan rings is 1. The SMILES string of the molecule is C[C@H](NC(=O)c1ccc(F)cc1Cl)c1cc2ccccc2o1. The number of carbonyl (C=O) groups excluding carboxylic acids is 1. The molecule has 1 amide bonds. The number of para-hydroxylation sites is 1. The first-order valence-corrected chi connectivity index (χ1v) is 7.17. The third-order valence-corrected chi connectivity index (χ3v) is 3.71. The van der Waals surface area contributed by atoms with Gasteiger partial charge < -0.3 is 9.73 Å². The van der Waals surface area contributed by atoms with Crippen LogP contribution in [-0.4, -0.2) is 5.91 Å². The lowest BCUT2D eigenvalue weighted by molar-refractivity contribution is 0.0936. The van der Waals surface area contributed by atoms with Gasteiger partial charge in [0.15, 0.2) is 0 Å². The fraction of sp³-hybridized carbons (Fsp3) is 0.118. The summed E-state index contributed by atoms with van der Waals surface area (Å²) in [6, 6.07) is 12.8. The van der Waals surface area contributed by atoms with Crippen molar-refractivity contribution in [2.24, 2.45) is 0 Å². The predicted octanol–water partition coefficient (Wildman–Crippen LogP) is 4.72. The van der Waals surface area contributed by atoms with Crippen LogP contribution >= 0.6 is 11.6 Å². The molecule has 3 aromatic rings. The molecule has 5 heteroatoms. The van der Waals surface area contributed by atoms with E-state index in [1.165, 1.54) is 12.1 Å². The fourth-order valence-corrected chi connectivity index (χ4v) is 2.49. The maximum absolute atomic E-state index is 13.0. The zero-order valence-electron chi connectivity index (χ0n) is 11.8. The van der Waals surface area contributed by atoms with Crippen LogP contribution in [0.3, 0.4) is 0 Å². The highest BCUT2D eigenvalue weighted by Gasteiger charge is 2.17. The molecule has 0 unspecified atom stereocenters. The molecule has 0 aliphatic heterocycles. The van der Waals surface area contributed by atoms with E-state index in [2.05, 4.69) is 5.32 Å². The molecule has 0 bridgehead atoms. The molecule has 0 fully saturated rings. The molecule has 3 nitrogen and oxygen atoms in total. The van der Waals surface area contributed by atoms with Gasteiger partial charge in [-0.1, -0.05) is 29.8 Å². The van der Waals surface area contributed by atoms with E-state index in [0.29, 0.717) is 5.76 Å². The maximum Gasteiger partial charge on any atom is 0.253 e. The number of carbonyl (C=O) groups is 1. The molecule has 3 rings (SSSR count). The highest BCUT2D eigenvalue weighted by molar-refractivity contribution is 6.33. The molecule has 112 valence electrons. The van der Waals surface area contributed by atoms with Crippen molar-refractivity contribution in [3.05, 3.63) is 70.7 Å². The molecule has 1 aromatic heterocycles. The van der Waals surface area contributed by atoms with Gasteiger partial charge in [-0.25, -0.2) is 4.39 Å². The van der Waals surface area contributed by atoms with E-state index in [9.17, 15) is 9.18 Å². The lowest BCUT2D eigenvalue weighted by Crippen LogP contribution is -2.26. The summed E-state index contributed by atoms with van der Waals surface area (Å²) in [6.45, 7) is 1.81. The van der Waals surface area contributed by atoms with Gasteiger partial charge >= 0.3 is 0 Å². The van der Waals surface area contributed by atoms with Gasteiger partial charge in [0.1, 0.15) is 17.2 Å². The standard InChI is InChI=1S/C17H13ClFNO2/c1-10(16-8-11-4-2-3-5-15(11)22-16)20-17(21)13-7-6-12(19)9-14(13)18/h2-10H,1H3,(H,20,21)/t10-/m0/s1. The van der Waals surface area contributed by atoms with Crippen molar-refractivity contribution in [1.82, 2.24) is 5.32 Å². The van der Waals surface area contributed by atoms with E-state index in [1.807, 2.05) is 37.3 Å². The highest BCUT2D eigenvalue weighted by Crippen LogP contribution is 2.24. The zero-order chi connectivity index (χ0) is 15.7. The van der Waals surface area contributed by atoms with Crippen molar-refractivity contribution in [3.63, 3.8) is 0 Å². The summed E-state index contributed by atoms with van der Waals surface area (Å²) in [6.07, 6.45) is 0. The van der Waals surface area contributed by atoms with E-state index in [1.54, 1.807) is 0 Å². The molecule has 22 heavy (non-hydrogen) atoms. The van der Waals surface area contributed by atoms with Crippen LogP contribution in [-0.2, 0) is 0 Å². The summed E-state index contributed by atoms with van der Waals surface area (Å²) < 4.78 is 18.7. The Hall–Kier alpha value is -2.33. The van der Waals surface area contributed by atoms with Gasteiger partial charge in [0.05, 0.1) is 16.6 Å². The molecule has 0 spiro atoms. The molecule has 2 aromatic carbocycles. The summed E-state index contributed by atoms with van der Waals surface area (Å²) >= 11 is 5.89. The van der Waals surface area contributed by atoms with Gasteiger partial charge in [0.2, 0.25) is 0 Å². The van der Waals surface area contributed by atoms with E-state index in [4.69, 9.17) is 16.0 Å². The zero-order valence-corrected chi connectivity index (χ0v) is 12.5. The molecule has 1 N–H and O–H groups in total. The minimum absolute atomic E-state index is 0.0781. The van der Waals surface area contributed by atoms with Crippen LogP contribution in [0.25, 0.3) is 11.0 Å². The van der Waals surface area contributed by atoms with Crippen LogP contribution in [0.15, 0.2) is 52.9 Å². The average Bonchev–Trinajstić information content (AvgIpc) is 2.91. The smallest absolute Gasteiger partial charge is 0.253 e. The Balaban J connectivity index is 1.81. The number of amides is 1. The van der Waals surface area contributed by atoms with Gasteiger partial charge in [-0.05, 0) is 37.3 Å². The number of hydrogen-bond acceptors (Lipinski definition) is 2. The van der Waals surface area contributed by atoms with E-state index in [-0.39, 0.29) is 22.5 Å². The Morgan fingerprint density at radius 1 is 1.23 bits per heavy atom. The molecule has 0 saturated heterocycles. The summed E-state index contributed by atoms with van der Waals surface area (Å²) in [4.78, 5) is 12.2. The number of nitrogens with one attached hydrogen (secondary N) is 1. The van der Waals surface area contributed by atoms with E-state index in [0.717, 1.165) is 17.0 Å². The Labute approximate surface area is 131 Å². The normalized spacial score (nSPS) is 12.3. The first kappa shape index (κ1) is 14.6. The van der Waals surface area contributed by atoms with E-state index < -0.39 is 5.82 Å². The van der Waals surface area contributed by atoms with Crippen molar-refractivity contribution in [3.8, 4) is 0 Å². The van der Waals surface area contributed by atoms with Gasteiger partial charge in [-0.2, -0.15) is 0 Å². The summed E-state index contributed by atoms with van der Waals surface area (Å²) in [5.41, 5.74) is 0.990. The average molecular weight is 318 g/mol.